The van der Waals surface area contributed by atoms with Gasteiger partial charge >= 0.3 is 5.69 Å². The van der Waals surface area contributed by atoms with Gasteiger partial charge in [-0.2, -0.15) is 0 Å². The molecule has 0 aliphatic carbocycles. The molecule has 3 heterocycles. The van der Waals surface area contributed by atoms with Gasteiger partial charge in [0.1, 0.15) is 5.56 Å². The van der Waals surface area contributed by atoms with Gasteiger partial charge in [-0.25, -0.2) is 4.79 Å². The van der Waals surface area contributed by atoms with Crippen molar-refractivity contribution in [3.05, 3.63) is 32.6 Å². The maximum atomic E-state index is 12.9. The summed E-state index contributed by atoms with van der Waals surface area (Å²) in [7, 11) is 1.52. The molecule has 1 N–H and O–H groups in total. The van der Waals surface area contributed by atoms with Crippen LogP contribution in [0.15, 0.2) is 15.8 Å². The zero-order chi connectivity index (χ0) is 17.1. The van der Waals surface area contributed by atoms with Gasteiger partial charge in [-0.15, -0.1) is 0 Å². The number of hydrogen-bond donors (Lipinski definition) is 1. The lowest BCUT2D eigenvalue weighted by molar-refractivity contribution is 0.0165. The Morgan fingerprint density at radius 1 is 1.25 bits per heavy atom. The molecule has 1 atom stereocenters. The minimum absolute atomic E-state index is 0.0333. The molecular formula is C16H24N4O4. The molecule has 0 aromatic carbocycles. The highest BCUT2D eigenvalue weighted by Gasteiger charge is 2.30. The Balaban J connectivity index is 1.79. The van der Waals surface area contributed by atoms with Crippen molar-refractivity contribution in [3.63, 3.8) is 0 Å². The standard InChI is InChI=1S/C16H24N4O4/c1-18-11-13(14(21)17-16(18)23)15(22)20-5-3-2-4-12(20)10-19-6-8-24-9-7-19/h11-12H,2-10H2,1H3,(H,17,21,23). The Kier molecular flexibility index (Phi) is 5.15. The first-order valence-corrected chi connectivity index (χ1v) is 8.47. The quantitative estimate of drug-likeness (QED) is 0.796. The monoisotopic (exact) mass is 336 g/mol. The highest BCUT2D eigenvalue weighted by molar-refractivity contribution is 5.93. The molecule has 2 aliphatic heterocycles. The van der Waals surface area contributed by atoms with Crippen LogP contribution in [0.4, 0.5) is 0 Å². The van der Waals surface area contributed by atoms with Crippen LogP contribution < -0.4 is 11.2 Å². The number of nitrogens with one attached hydrogen (secondary N) is 1. The second-order valence-corrected chi connectivity index (χ2v) is 6.47. The Morgan fingerprint density at radius 3 is 2.75 bits per heavy atom. The number of likely N-dealkylation sites (tertiary alicyclic amines) is 1. The molecule has 0 radical (unpaired) electrons. The first-order valence-electron chi connectivity index (χ1n) is 8.47. The van der Waals surface area contributed by atoms with Crippen LogP contribution in [0.5, 0.6) is 0 Å². The Labute approximate surface area is 140 Å². The number of aromatic amines is 1. The lowest BCUT2D eigenvalue weighted by atomic mass is 10.0. The molecule has 0 spiro atoms. The van der Waals surface area contributed by atoms with Crippen LogP contribution in [-0.4, -0.2) is 70.7 Å². The van der Waals surface area contributed by atoms with Crippen molar-refractivity contribution in [1.29, 1.82) is 0 Å². The van der Waals surface area contributed by atoms with E-state index in [0.717, 1.165) is 52.1 Å². The third-order valence-corrected chi connectivity index (χ3v) is 4.80. The molecule has 8 heteroatoms. The molecule has 3 rings (SSSR count). The Morgan fingerprint density at radius 2 is 2.00 bits per heavy atom. The molecule has 2 fully saturated rings. The maximum Gasteiger partial charge on any atom is 0.328 e. The predicted molar refractivity (Wildman–Crippen MR) is 88.2 cm³/mol. The van der Waals surface area contributed by atoms with E-state index in [2.05, 4.69) is 9.88 Å². The molecule has 0 bridgehead atoms. The van der Waals surface area contributed by atoms with Crippen LogP contribution in [0, 0.1) is 0 Å². The number of hydrogen-bond acceptors (Lipinski definition) is 5. The molecular weight excluding hydrogens is 312 g/mol. The summed E-state index contributed by atoms with van der Waals surface area (Å²) < 4.78 is 6.60. The molecule has 8 nitrogen and oxygen atoms in total. The minimum atomic E-state index is -0.612. The second-order valence-electron chi connectivity index (χ2n) is 6.47. The number of nitrogens with zero attached hydrogens (tertiary/aromatic N) is 3. The second kappa shape index (κ2) is 7.31. The molecule has 2 saturated heterocycles. The van der Waals surface area contributed by atoms with Crippen molar-refractivity contribution in [2.75, 3.05) is 39.4 Å². The summed E-state index contributed by atoms with van der Waals surface area (Å²) in [4.78, 5) is 42.7. The SMILES string of the molecule is Cn1cc(C(=O)N2CCCCC2CN2CCOCC2)c(=O)[nH]c1=O. The molecule has 1 aromatic rings. The fourth-order valence-corrected chi connectivity index (χ4v) is 3.41. The topological polar surface area (TPSA) is 87.6 Å². The number of carbonyl (C=O) groups excluding carboxylic acids is 1. The summed E-state index contributed by atoms with van der Waals surface area (Å²) in [6, 6.07) is 0.0981. The van der Waals surface area contributed by atoms with Crippen molar-refractivity contribution in [2.24, 2.45) is 7.05 Å². The number of aromatic nitrogens is 2. The van der Waals surface area contributed by atoms with E-state index in [4.69, 9.17) is 4.74 Å². The summed E-state index contributed by atoms with van der Waals surface area (Å²) in [5, 5.41) is 0. The maximum absolute atomic E-state index is 12.9. The third kappa shape index (κ3) is 3.59. The largest absolute Gasteiger partial charge is 0.379 e. The molecule has 24 heavy (non-hydrogen) atoms. The number of carbonyl (C=O) groups is 1. The van der Waals surface area contributed by atoms with Crippen molar-refractivity contribution in [2.45, 2.75) is 25.3 Å². The van der Waals surface area contributed by atoms with E-state index in [0.29, 0.717) is 6.54 Å². The van der Waals surface area contributed by atoms with Crippen molar-refractivity contribution < 1.29 is 9.53 Å². The van der Waals surface area contributed by atoms with Gasteiger partial charge in [0, 0.05) is 45.5 Å². The van der Waals surface area contributed by atoms with Gasteiger partial charge in [0.05, 0.1) is 13.2 Å². The van der Waals surface area contributed by atoms with Gasteiger partial charge in [0.15, 0.2) is 0 Å². The number of H-pyrrole nitrogens is 1. The fourth-order valence-electron chi connectivity index (χ4n) is 3.41. The van der Waals surface area contributed by atoms with E-state index in [1.807, 2.05) is 0 Å². The molecule has 1 aromatic heterocycles. The highest BCUT2D eigenvalue weighted by Crippen LogP contribution is 2.20. The predicted octanol–water partition coefficient (Wildman–Crippen LogP) is -0.599. The number of rotatable bonds is 3. The van der Waals surface area contributed by atoms with Gasteiger partial charge in [0.2, 0.25) is 0 Å². The van der Waals surface area contributed by atoms with Gasteiger partial charge in [-0.3, -0.25) is 19.5 Å². The molecule has 132 valence electrons. The Bertz CT molecular complexity index is 705. The fraction of sp³-hybridized carbons (Fsp3) is 0.688. The minimum Gasteiger partial charge on any atom is -0.379 e. The number of aryl methyl sites for hydroxylation is 1. The summed E-state index contributed by atoms with van der Waals surface area (Å²) in [5.74, 6) is -0.287. The number of amides is 1. The van der Waals surface area contributed by atoms with Gasteiger partial charge < -0.3 is 14.2 Å². The van der Waals surface area contributed by atoms with E-state index < -0.39 is 11.2 Å². The van der Waals surface area contributed by atoms with Crippen LogP contribution in [-0.2, 0) is 11.8 Å². The zero-order valence-electron chi connectivity index (χ0n) is 14.0. The smallest absolute Gasteiger partial charge is 0.328 e. The number of ether oxygens (including phenoxy) is 1. The van der Waals surface area contributed by atoms with Crippen LogP contribution in [0.3, 0.4) is 0 Å². The van der Waals surface area contributed by atoms with Crippen molar-refractivity contribution in [1.82, 2.24) is 19.4 Å². The van der Waals surface area contributed by atoms with Crippen LogP contribution in [0.25, 0.3) is 0 Å². The Hall–Kier alpha value is -1.93. The van der Waals surface area contributed by atoms with Gasteiger partial charge in [-0.05, 0) is 19.3 Å². The van der Waals surface area contributed by atoms with Crippen molar-refractivity contribution in [3.8, 4) is 0 Å². The summed E-state index contributed by atoms with van der Waals surface area (Å²) in [5.41, 5.74) is -1.09. The summed E-state index contributed by atoms with van der Waals surface area (Å²) in [6.07, 6.45) is 4.30. The lowest BCUT2D eigenvalue weighted by Crippen LogP contribution is -2.52. The molecule has 2 aliphatic rings. The zero-order valence-corrected chi connectivity index (χ0v) is 14.0. The third-order valence-electron chi connectivity index (χ3n) is 4.80. The molecule has 1 amide bonds. The van der Waals surface area contributed by atoms with E-state index in [1.165, 1.54) is 17.8 Å². The van der Waals surface area contributed by atoms with Crippen LogP contribution in [0.1, 0.15) is 29.6 Å². The molecule has 1 unspecified atom stereocenters. The van der Waals surface area contributed by atoms with Crippen LogP contribution in [0.2, 0.25) is 0 Å². The lowest BCUT2D eigenvalue weighted by Gasteiger charge is -2.39. The number of piperidine rings is 1. The van der Waals surface area contributed by atoms with Crippen molar-refractivity contribution >= 4 is 5.91 Å². The van der Waals surface area contributed by atoms with E-state index >= 15 is 0 Å². The summed E-state index contributed by atoms with van der Waals surface area (Å²) >= 11 is 0. The van der Waals surface area contributed by atoms with E-state index in [1.54, 1.807) is 4.90 Å². The van der Waals surface area contributed by atoms with Gasteiger partial charge in [-0.1, -0.05) is 0 Å². The van der Waals surface area contributed by atoms with Gasteiger partial charge in [0.25, 0.3) is 11.5 Å². The molecule has 0 saturated carbocycles. The highest BCUT2D eigenvalue weighted by atomic mass is 16.5. The first-order chi connectivity index (χ1) is 11.6. The number of morpholine rings is 1. The summed E-state index contributed by atoms with van der Waals surface area (Å²) in [6.45, 7) is 4.65. The van der Waals surface area contributed by atoms with Crippen LogP contribution >= 0.6 is 0 Å². The normalized spacial score (nSPS) is 22.5. The first kappa shape index (κ1) is 16.9. The average molecular weight is 336 g/mol. The van der Waals surface area contributed by atoms with E-state index in [9.17, 15) is 14.4 Å². The average Bonchev–Trinajstić information content (AvgIpc) is 2.59. The van der Waals surface area contributed by atoms with E-state index in [-0.39, 0.29) is 17.5 Å².